The van der Waals surface area contributed by atoms with Crippen LogP contribution in [0, 0.1) is 0 Å². The molecular formula is C31H35Cl2N3O4S. The Kier molecular flexibility index (Phi) is 10.7. The highest BCUT2D eigenvalue weighted by molar-refractivity contribution is 7.92. The van der Waals surface area contributed by atoms with Crippen LogP contribution in [0.1, 0.15) is 51.0 Å². The fraction of sp³-hybridized carbons (Fsp3) is 0.355. The molecule has 1 atom stereocenters. The first-order chi connectivity index (χ1) is 19.7. The molecule has 1 N–H and O–H groups in total. The van der Waals surface area contributed by atoms with Crippen LogP contribution in [0.25, 0.3) is 0 Å². The largest absolute Gasteiger partial charge is 0.352 e. The number of halogens is 2. The number of nitrogens with one attached hydrogen (secondary N) is 1. The molecule has 2 amide bonds. The Morgan fingerprint density at radius 3 is 2.27 bits per heavy atom. The van der Waals surface area contributed by atoms with E-state index in [0.29, 0.717) is 22.0 Å². The van der Waals surface area contributed by atoms with E-state index in [9.17, 15) is 18.0 Å². The smallest absolute Gasteiger partial charge is 0.264 e. The molecule has 1 aliphatic carbocycles. The van der Waals surface area contributed by atoms with Crippen molar-refractivity contribution in [2.75, 3.05) is 10.8 Å². The lowest BCUT2D eigenvalue weighted by Crippen LogP contribution is -2.54. The summed E-state index contributed by atoms with van der Waals surface area (Å²) in [5.41, 5.74) is 0.902. The number of nitrogens with zero attached hydrogens (tertiary/aromatic N) is 2. The quantitative estimate of drug-likeness (QED) is 0.269. The maximum Gasteiger partial charge on any atom is 0.264 e. The molecule has 3 aromatic carbocycles. The third-order valence-corrected chi connectivity index (χ3v) is 9.73. The van der Waals surface area contributed by atoms with E-state index in [1.54, 1.807) is 54.6 Å². The minimum Gasteiger partial charge on any atom is -0.352 e. The molecular weight excluding hydrogens is 581 g/mol. The standard InChI is InChI=1S/C31H35Cl2N3O4S/c1-2-29(31(38)34-25-14-5-3-6-15-25)35(21-23-12-9-10-19-28(23)33)30(37)22-36(26-16-11-13-24(32)20-26)41(39,40)27-17-7-4-8-18-27/h4,7-13,16-20,25,29H,2-3,5-6,14-15,21-22H2,1H3,(H,34,38). The molecule has 0 radical (unpaired) electrons. The first-order valence-electron chi connectivity index (χ1n) is 13.9. The van der Waals surface area contributed by atoms with Crippen LogP contribution in [0.3, 0.4) is 0 Å². The van der Waals surface area contributed by atoms with Gasteiger partial charge < -0.3 is 10.2 Å². The molecule has 1 saturated carbocycles. The Bertz CT molecular complexity index is 1450. The van der Waals surface area contributed by atoms with E-state index in [-0.39, 0.29) is 29.1 Å². The molecule has 0 saturated heterocycles. The molecule has 7 nitrogen and oxygen atoms in total. The normalized spacial score (nSPS) is 14.7. The van der Waals surface area contributed by atoms with Gasteiger partial charge in [-0.25, -0.2) is 8.42 Å². The van der Waals surface area contributed by atoms with Crippen LogP contribution in [0.2, 0.25) is 10.0 Å². The summed E-state index contributed by atoms with van der Waals surface area (Å²) in [5.74, 6) is -0.782. The summed E-state index contributed by atoms with van der Waals surface area (Å²) in [4.78, 5) is 29.2. The van der Waals surface area contributed by atoms with Gasteiger partial charge in [-0.15, -0.1) is 0 Å². The van der Waals surface area contributed by atoms with Crippen molar-refractivity contribution in [2.45, 2.75) is 69.0 Å². The Balaban J connectivity index is 1.71. The minimum absolute atomic E-state index is 0.0347. The molecule has 0 bridgehead atoms. The van der Waals surface area contributed by atoms with Gasteiger partial charge in [0.1, 0.15) is 12.6 Å². The number of sulfonamides is 1. The van der Waals surface area contributed by atoms with E-state index < -0.39 is 28.5 Å². The van der Waals surface area contributed by atoms with Gasteiger partial charge in [0, 0.05) is 22.6 Å². The van der Waals surface area contributed by atoms with Crippen LogP contribution < -0.4 is 9.62 Å². The van der Waals surface area contributed by atoms with Crippen molar-refractivity contribution in [1.29, 1.82) is 0 Å². The van der Waals surface area contributed by atoms with E-state index in [1.807, 2.05) is 13.0 Å². The van der Waals surface area contributed by atoms with Crippen molar-refractivity contribution in [3.63, 3.8) is 0 Å². The van der Waals surface area contributed by atoms with Gasteiger partial charge in [0.25, 0.3) is 10.0 Å². The average molecular weight is 617 g/mol. The third kappa shape index (κ3) is 7.82. The van der Waals surface area contributed by atoms with E-state index in [4.69, 9.17) is 23.2 Å². The molecule has 0 heterocycles. The van der Waals surface area contributed by atoms with Crippen LogP contribution >= 0.6 is 23.2 Å². The molecule has 0 aliphatic heterocycles. The van der Waals surface area contributed by atoms with Gasteiger partial charge >= 0.3 is 0 Å². The molecule has 10 heteroatoms. The zero-order valence-electron chi connectivity index (χ0n) is 23.0. The zero-order valence-corrected chi connectivity index (χ0v) is 25.3. The highest BCUT2D eigenvalue weighted by Gasteiger charge is 2.34. The fourth-order valence-electron chi connectivity index (χ4n) is 5.15. The van der Waals surface area contributed by atoms with E-state index >= 15 is 0 Å². The van der Waals surface area contributed by atoms with Gasteiger partial charge in [-0.3, -0.25) is 13.9 Å². The topological polar surface area (TPSA) is 86.8 Å². The van der Waals surface area contributed by atoms with Crippen molar-refractivity contribution in [3.8, 4) is 0 Å². The number of rotatable bonds is 11. The number of hydrogen-bond acceptors (Lipinski definition) is 4. The van der Waals surface area contributed by atoms with Gasteiger partial charge in [0.05, 0.1) is 10.6 Å². The summed E-state index contributed by atoms with van der Waals surface area (Å²) in [7, 11) is -4.16. The molecule has 3 aromatic rings. The Labute approximate surface area is 252 Å². The number of carbonyl (C=O) groups is 2. The van der Waals surface area contributed by atoms with Crippen LogP contribution in [-0.4, -0.2) is 43.8 Å². The Hall–Kier alpha value is -3.07. The van der Waals surface area contributed by atoms with Gasteiger partial charge in [-0.1, -0.05) is 91.9 Å². The lowest BCUT2D eigenvalue weighted by atomic mass is 9.95. The lowest BCUT2D eigenvalue weighted by Gasteiger charge is -2.34. The van der Waals surface area contributed by atoms with Crippen molar-refractivity contribution in [1.82, 2.24) is 10.2 Å². The lowest BCUT2D eigenvalue weighted by molar-refractivity contribution is -0.140. The summed E-state index contributed by atoms with van der Waals surface area (Å²) in [6.45, 7) is 1.35. The predicted octanol–water partition coefficient (Wildman–Crippen LogP) is 6.45. The van der Waals surface area contributed by atoms with Gasteiger partial charge in [-0.2, -0.15) is 0 Å². The molecule has 4 rings (SSSR count). The number of anilines is 1. The molecule has 1 aliphatic rings. The van der Waals surface area contributed by atoms with Gasteiger partial charge in [0.15, 0.2) is 0 Å². The van der Waals surface area contributed by atoms with Gasteiger partial charge in [0.2, 0.25) is 11.8 Å². The molecule has 0 spiro atoms. The molecule has 0 aromatic heterocycles. The Morgan fingerprint density at radius 1 is 0.927 bits per heavy atom. The second kappa shape index (κ2) is 14.2. The second-order valence-corrected chi connectivity index (χ2v) is 12.9. The molecule has 1 unspecified atom stereocenters. The fourth-order valence-corrected chi connectivity index (χ4v) is 6.96. The van der Waals surface area contributed by atoms with Crippen molar-refractivity contribution in [3.05, 3.63) is 94.5 Å². The summed E-state index contributed by atoms with van der Waals surface area (Å²) in [6, 6.07) is 20.6. The van der Waals surface area contributed by atoms with Crippen LogP contribution in [0.15, 0.2) is 83.8 Å². The number of benzene rings is 3. The highest BCUT2D eigenvalue weighted by atomic mass is 35.5. The summed E-state index contributed by atoms with van der Waals surface area (Å²) in [6.07, 6.45) is 5.40. The molecule has 218 valence electrons. The maximum absolute atomic E-state index is 14.2. The van der Waals surface area contributed by atoms with Crippen LogP contribution in [0.5, 0.6) is 0 Å². The van der Waals surface area contributed by atoms with Crippen molar-refractivity contribution < 1.29 is 18.0 Å². The van der Waals surface area contributed by atoms with E-state index in [2.05, 4.69) is 5.32 Å². The first kappa shape index (κ1) is 30.9. The van der Waals surface area contributed by atoms with Crippen molar-refractivity contribution in [2.24, 2.45) is 0 Å². The summed E-state index contributed by atoms with van der Waals surface area (Å²) < 4.78 is 28.8. The molecule has 1 fully saturated rings. The van der Waals surface area contributed by atoms with Crippen LogP contribution in [0.4, 0.5) is 5.69 Å². The number of amides is 2. The number of hydrogen-bond donors (Lipinski definition) is 1. The van der Waals surface area contributed by atoms with E-state index in [0.717, 1.165) is 36.4 Å². The highest BCUT2D eigenvalue weighted by Crippen LogP contribution is 2.28. The second-order valence-electron chi connectivity index (χ2n) is 10.2. The van der Waals surface area contributed by atoms with Crippen molar-refractivity contribution >= 4 is 50.7 Å². The Morgan fingerprint density at radius 2 is 1.61 bits per heavy atom. The molecule has 41 heavy (non-hydrogen) atoms. The first-order valence-corrected chi connectivity index (χ1v) is 16.1. The van der Waals surface area contributed by atoms with Gasteiger partial charge in [-0.05, 0) is 61.2 Å². The maximum atomic E-state index is 14.2. The monoisotopic (exact) mass is 615 g/mol. The SMILES string of the molecule is CCC(C(=O)NC1CCCCC1)N(Cc1ccccc1Cl)C(=O)CN(c1cccc(Cl)c1)S(=O)(=O)c1ccccc1. The summed E-state index contributed by atoms with van der Waals surface area (Å²) in [5, 5.41) is 3.92. The number of carbonyl (C=O) groups excluding carboxylic acids is 2. The summed E-state index contributed by atoms with van der Waals surface area (Å²) >= 11 is 12.7. The minimum atomic E-state index is -4.16. The average Bonchev–Trinajstić information content (AvgIpc) is 2.97. The predicted molar refractivity (Wildman–Crippen MR) is 164 cm³/mol. The van der Waals surface area contributed by atoms with E-state index in [1.165, 1.54) is 23.1 Å². The van der Waals surface area contributed by atoms with Crippen LogP contribution in [-0.2, 0) is 26.2 Å². The third-order valence-electron chi connectivity index (χ3n) is 7.34. The zero-order chi connectivity index (χ0) is 29.4.